The Morgan fingerprint density at radius 1 is 0.955 bits per heavy atom. The third kappa shape index (κ3) is 4.23. The lowest BCUT2D eigenvalue weighted by atomic mass is 9.79. The van der Waals surface area contributed by atoms with Gasteiger partial charge in [-0.15, -0.1) is 0 Å². The van der Waals surface area contributed by atoms with Crippen LogP contribution in [-0.2, 0) is 6.18 Å². The Bertz CT molecular complexity index is 526. The molecule has 12 heteroatoms. The average molecular weight is 338 g/mol. The highest BCUT2D eigenvalue weighted by Crippen LogP contribution is 2.39. The molecule has 22 heavy (non-hydrogen) atoms. The second-order valence-electron chi connectivity index (χ2n) is 4.12. The summed E-state index contributed by atoms with van der Waals surface area (Å²) in [6.45, 7) is -2.35. The van der Waals surface area contributed by atoms with Crippen LogP contribution in [0, 0.1) is 0 Å². The van der Waals surface area contributed by atoms with Crippen LogP contribution < -0.4 is 10.2 Å². The summed E-state index contributed by atoms with van der Waals surface area (Å²) in [5, 5.41) is 17.5. The maximum atomic E-state index is 12.7. The van der Waals surface area contributed by atoms with Gasteiger partial charge in [-0.05, 0) is 17.6 Å². The molecule has 0 radical (unpaired) electrons. The van der Waals surface area contributed by atoms with E-state index in [4.69, 9.17) is 10.0 Å². The molecule has 2 N–H and O–H groups in total. The lowest BCUT2D eigenvalue weighted by molar-refractivity contribution is -0.290. The standard InChI is InChI=1S/C10H7BF8O3/c12-8(13,10(17,18)19)4-22-7-2-1-5(11(20)21)3-6(7)9(14,15)16/h1-3,20-21H,4H2. The van der Waals surface area contributed by atoms with Crippen molar-refractivity contribution in [1.29, 1.82) is 0 Å². The van der Waals surface area contributed by atoms with Gasteiger partial charge < -0.3 is 14.8 Å². The van der Waals surface area contributed by atoms with Crippen LogP contribution in [0.5, 0.6) is 5.75 Å². The second kappa shape index (κ2) is 5.91. The fourth-order valence-corrected chi connectivity index (χ4v) is 1.31. The minimum absolute atomic E-state index is 0.172. The van der Waals surface area contributed by atoms with Gasteiger partial charge in [0.1, 0.15) is 5.75 Å². The molecule has 0 heterocycles. The van der Waals surface area contributed by atoms with Gasteiger partial charge in [0.15, 0.2) is 6.61 Å². The van der Waals surface area contributed by atoms with Crippen molar-refractivity contribution in [3.05, 3.63) is 23.8 Å². The van der Waals surface area contributed by atoms with Crippen molar-refractivity contribution in [2.75, 3.05) is 6.61 Å². The van der Waals surface area contributed by atoms with E-state index in [0.29, 0.717) is 12.1 Å². The average Bonchev–Trinajstić information content (AvgIpc) is 2.33. The molecule has 0 saturated carbocycles. The molecule has 0 aliphatic heterocycles. The molecule has 0 saturated heterocycles. The molecule has 1 rings (SSSR count). The summed E-state index contributed by atoms with van der Waals surface area (Å²) in [6.07, 6.45) is -11.1. The zero-order valence-corrected chi connectivity index (χ0v) is 10.3. The quantitative estimate of drug-likeness (QED) is 0.652. The highest BCUT2D eigenvalue weighted by atomic mass is 19.4. The molecular formula is C10H7BF8O3. The van der Waals surface area contributed by atoms with Gasteiger partial charge in [0.2, 0.25) is 0 Å². The number of benzene rings is 1. The first kappa shape index (κ1) is 18.5. The SMILES string of the molecule is OB(O)c1ccc(OCC(F)(F)C(F)(F)F)c(C(F)(F)F)c1. The third-order valence-corrected chi connectivity index (χ3v) is 2.43. The zero-order valence-electron chi connectivity index (χ0n) is 10.3. The molecular weight excluding hydrogens is 331 g/mol. The molecule has 0 amide bonds. The number of ether oxygens (including phenoxy) is 1. The van der Waals surface area contributed by atoms with Crippen molar-refractivity contribution in [2.24, 2.45) is 0 Å². The van der Waals surface area contributed by atoms with Gasteiger partial charge in [-0.25, -0.2) is 0 Å². The smallest absolute Gasteiger partial charge is 0.486 e. The molecule has 124 valence electrons. The van der Waals surface area contributed by atoms with Crippen LogP contribution >= 0.6 is 0 Å². The molecule has 0 unspecified atom stereocenters. The molecule has 0 fully saturated rings. The van der Waals surface area contributed by atoms with Crippen molar-refractivity contribution in [1.82, 2.24) is 0 Å². The van der Waals surface area contributed by atoms with Crippen molar-refractivity contribution in [3.63, 3.8) is 0 Å². The minimum Gasteiger partial charge on any atom is -0.486 e. The van der Waals surface area contributed by atoms with E-state index in [2.05, 4.69) is 4.74 Å². The van der Waals surface area contributed by atoms with Crippen LogP contribution in [0.4, 0.5) is 35.1 Å². The van der Waals surface area contributed by atoms with Crippen LogP contribution in [0.15, 0.2) is 18.2 Å². The Balaban J connectivity index is 3.10. The third-order valence-electron chi connectivity index (χ3n) is 2.43. The van der Waals surface area contributed by atoms with Crippen molar-refractivity contribution < 1.29 is 49.9 Å². The molecule has 0 bridgehead atoms. The lowest BCUT2D eigenvalue weighted by Crippen LogP contribution is -2.42. The highest BCUT2D eigenvalue weighted by molar-refractivity contribution is 6.58. The van der Waals surface area contributed by atoms with E-state index in [1.807, 2.05) is 0 Å². The molecule has 0 aliphatic carbocycles. The van der Waals surface area contributed by atoms with Gasteiger partial charge in [0.25, 0.3) is 0 Å². The van der Waals surface area contributed by atoms with Gasteiger partial charge in [-0.1, -0.05) is 6.07 Å². The highest BCUT2D eigenvalue weighted by Gasteiger charge is 2.58. The summed E-state index contributed by atoms with van der Waals surface area (Å²) in [7, 11) is -2.29. The number of alkyl halides is 8. The predicted octanol–water partition coefficient (Wildman–Crippen LogP) is 1.96. The minimum atomic E-state index is -5.98. The number of rotatable bonds is 4. The zero-order chi connectivity index (χ0) is 17.3. The summed E-state index contributed by atoms with van der Waals surface area (Å²) in [4.78, 5) is 0. The Kier molecular flexibility index (Phi) is 4.97. The van der Waals surface area contributed by atoms with Crippen LogP contribution in [0.25, 0.3) is 0 Å². The molecule has 1 aromatic carbocycles. The first-order chi connectivity index (χ1) is 9.75. The van der Waals surface area contributed by atoms with Crippen molar-refractivity contribution in [2.45, 2.75) is 18.3 Å². The summed E-state index contributed by atoms with van der Waals surface area (Å²) >= 11 is 0. The van der Waals surface area contributed by atoms with E-state index in [-0.39, 0.29) is 6.07 Å². The lowest BCUT2D eigenvalue weighted by Gasteiger charge is -2.21. The van der Waals surface area contributed by atoms with E-state index in [9.17, 15) is 35.1 Å². The Morgan fingerprint density at radius 2 is 1.50 bits per heavy atom. The van der Waals surface area contributed by atoms with Crippen LogP contribution in [0.3, 0.4) is 0 Å². The van der Waals surface area contributed by atoms with E-state index in [0.717, 1.165) is 0 Å². The molecule has 0 atom stereocenters. The summed E-state index contributed by atoms with van der Waals surface area (Å²) in [5.41, 5.74) is -2.35. The fourth-order valence-electron chi connectivity index (χ4n) is 1.31. The van der Waals surface area contributed by atoms with Gasteiger partial charge >= 0.3 is 25.4 Å². The first-order valence-corrected chi connectivity index (χ1v) is 5.40. The van der Waals surface area contributed by atoms with Crippen molar-refractivity contribution >= 4 is 12.6 Å². The summed E-state index contributed by atoms with van der Waals surface area (Å²) in [5.74, 6) is -6.63. The van der Waals surface area contributed by atoms with Gasteiger partial charge in [-0.2, -0.15) is 35.1 Å². The van der Waals surface area contributed by atoms with E-state index < -0.39 is 48.8 Å². The molecule has 1 aromatic rings. The monoisotopic (exact) mass is 338 g/mol. The fraction of sp³-hybridized carbons (Fsp3) is 0.400. The maximum absolute atomic E-state index is 12.7. The van der Waals surface area contributed by atoms with E-state index >= 15 is 0 Å². The molecule has 0 aromatic heterocycles. The largest absolute Gasteiger partial charge is 0.488 e. The van der Waals surface area contributed by atoms with Gasteiger partial charge in [0.05, 0.1) is 5.56 Å². The summed E-state index contributed by atoms with van der Waals surface area (Å²) in [6, 6.07) is 1.27. The van der Waals surface area contributed by atoms with E-state index in [1.165, 1.54) is 0 Å². The summed E-state index contributed by atoms with van der Waals surface area (Å²) < 4.78 is 103. The predicted molar refractivity (Wildman–Crippen MR) is 57.8 cm³/mol. The van der Waals surface area contributed by atoms with E-state index in [1.54, 1.807) is 0 Å². The molecule has 3 nitrogen and oxygen atoms in total. The van der Waals surface area contributed by atoms with Crippen LogP contribution in [-0.4, -0.2) is 35.9 Å². The normalized spacial score (nSPS) is 13.2. The Labute approximate surface area is 118 Å². The Morgan fingerprint density at radius 3 is 1.91 bits per heavy atom. The molecule has 0 aliphatic rings. The number of halogens is 8. The number of hydrogen-bond acceptors (Lipinski definition) is 3. The maximum Gasteiger partial charge on any atom is 0.488 e. The Hall–Kier alpha value is -1.56. The van der Waals surface area contributed by atoms with Gasteiger partial charge in [0, 0.05) is 0 Å². The molecule has 0 spiro atoms. The first-order valence-electron chi connectivity index (χ1n) is 5.40. The van der Waals surface area contributed by atoms with Crippen molar-refractivity contribution in [3.8, 4) is 5.75 Å². The topological polar surface area (TPSA) is 49.7 Å². The van der Waals surface area contributed by atoms with Crippen LogP contribution in [0.1, 0.15) is 5.56 Å². The van der Waals surface area contributed by atoms with Gasteiger partial charge in [-0.3, -0.25) is 0 Å². The van der Waals surface area contributed by atoms with Crippen LogP contribution in [0.2, 0.25) is 0 Å². The number of hydrogen-bond donors (Lipinski definition) is 2. The second-order valence-corrected chi connectivity index (χ2v) is 4.12.